The van der Waals surface area contributed by atoms with Gasteiger partial charge in [0, 0.05) is 17.4 Å². The number of benzene rings is 1. The number of hydrogen-bond acceptors (Lipinski definition) is 3. The largest absolute Gasteiger partial charge is 0.399 e. The first-order valence-corrected chi connectivity index (χ1v) is 6.52. The minimum absolute atomic E-state index is 0.415. The van der Waals surface area contributed by atoms with Crippen molar-refractivity contribution in [1.29, 1.82) is 0 Å². The normalized spacial score (nSPS) is 23.6. The second-order valence-electron chi connectivity index (χ2n) is 5.27. The van der Waals surface area contributed by atoms with Gasteiger partial charge in [0.05, 0.1) is 5.56 Å². The zero-order valence-corrected chi connectivity index (χ0v) is 10.8. The van der Waals surface area contributed by atoms with Crippen LogP contribution in [0.25, 0.3) is 0 Å². The molecule has 1 aromatic carbocycles. The van der Waals surface area contributed by atoms with Gasteiger partial charge in [0.1, 0.15) is 0 Å². The zero-order valence-electron chi connectivity index (χ0n) is 10.8. The molecular formula is C14H21N3O. The molecule has 0 saturated heterocycles. The van der Waals surface area contributed by atoms with Crippen LogP contribution < -0.4 is 16.8 Å². The maximum atomic E-state index is 11.4. The Morgan fingerprint density at radius 2 is 1.94 bits per heavy atom. The third kappa shape index (κ3) is 2.94. The zero-order chi connectivity index (χ0) is 13.1. The van der Waals surface area contributed by atoms with Gasteiger partial charge >= 0.3 is 0 Å². The van der Waals surface area contributed by atoms with Gasteiger partial charge in [-0.2, -0.15) is 0 Å². The molecule has 1 aliphatic carbocycles. The molecule has 1 saturated carbocycles. The number of anilines is 2. The lowest BCUT2D eigenvalue weighted by Crippen LogP contribution is -2.26. The topological polar surface area (TPSA) is 81.1 Å². The number of nitrogen functional groups attached to an aromatic ring is 1. The first kappa shape index (κ1) is 12.7. The van der Waals surface area contributed by atoms with E-state index in [9.17, 15) is 4.79 Å². The second-order valence-corrected chi connectivity index (χ2v) is 5.27. The van der Waals surface area contributed by atoms with Crippen LogP contribution in [0.3, 0.4) is 0 Å². The van der Waals surface area contributed by atoms with Crippen molar-refractivity contribution >= 4 is 17.3 Å². The first-order chi connectivity index (χ1) is 8.56. The molecule has 5 N–H and O–H groups in total. The summed E-state index contributed by atoms with van der Waals surface area (Å²) in [4.78, 5) is 11.4. The van der Waals surface area contributed by atoms with Crippen molar-refractivity contribution < 1.29 is 4.79 Å². The van der Waals surface area contributed by atoms with Crippen molar-refractivity contribution in [2.45, 2.75) is 38.6 Å². The van der Waals surface area contributed by atoms with Crippen LogP contribution >= 0.6 is 0 Å². The number of rotatable bonds is 3. The van der Waals surface area contributed by atoms with Gasteiger partial charge in [-0.3, -0.25) is 4.79 Å². The lowest BCUT2D eigenvalue weighted by Gasteiger charge is -2.28. The Hall–Kier alpha value is -1.71. The minimum atomic E-state index is -0.415. The van der Waals surface area contributed by atoms with E-state index in [-0.39, 0.29) is 0 Å². The molecule has 4 nitrogen and oxygen atoms in total. The Balaban J connectivity index is 2.12. The molecule has 2 rings (SSSR count). The number of amides is 1. The average Bonchev–Trinajstić information content (AvgIpc) is 2.32. The van der Waals surface area contributed by atoms with E-state index in [1.165, 1.54) is 12.8 Å². The van der Waals surface area contributed by atoms with E-state index in [1.807, 2.05) is 0 Å². The summed E-state index contributed by atoms with van der Waals surface area (Å²) < 4.78 is 0. The number of nitrogens with one attached hydrogen (secondary N) is 1. The van der Waals surface area contributed by atoms with Crippen LogP contribution in [-0.4, -0.2) is 11.9 Å². The summed E-state index contributed by atoms with van der Waals surface area (Å²) in [6.07, 6.45) is 4.72. The van der Waals surface area contributed by atoms with Crippen molar-refractivity contribution in [3.8, 4) is 0 Å². The lowest BCUT2D eigenvalue weighted by atomic mass is 9.87. The number of primary amides is 1. The molecule has 0 aliphatic heterocycles. The van der Waals surface area contributed by atoms with Crippen molar-refractivity contribution in [2.24, 2.45) is 11.7 Å². The summed E-state index contributed by atoms with van der Waals surface area (Å²) in [7, 11) is 0. The summed E-state index contributed by atoms with van der Waals surface area (Å²) >= 11 is 0. The average molecular weight is 247 g/mol. The fraction of sp³-hybridized carbons (Fsp3) is 0.500. The van der Waals surface area contributed by atoms with Crippen LogP contribution in [0.15, 0.2) is 18.2 Å². The highest BCUT2D eigenvalue weighted by Crippen LogP contribution is 2.28. The number of carbonyl (C=O) groups is 1. The van der Waals surface area contributed by atoms with Gasteiger partial charge in [-0.15, -0.1) is 0 Å². The van der Waals surface area contributed by atoms with Gasteiger partial charge in [0.25, 0.3) is 5.91 Å². The maximum Gasteiger partial charge on any atom is 0.250 e. The molecule has 18 heavy (non-hydrogen) atoms. The lowest BCUT2D eigenvalue weighted by molar-refractivity contribution is 0.100. The fourth-order valence-corrected chi connectivity index (χ4v) is 2.52. The molecule has 4 heteroatoms. The SMILES string of the molecule is CC1CCC(Nc2cc(N)ccc2C(N)=O)CC1. The Kier molecular flexibility index (Phi) is 3.75. The van der Waals surface area contributed by atoms with Crippen molar-refractivity contribution in [3.05, 3.63) is 23.8 Å². The summed E-state index contributed by atoms with van der Waals surface area (Å²) in [5, 5.41) is 3.41. The Bertz CT molecular complexity index is 437. The van der Waals surface area contributed by atoms with Gasteiger partial charge in [-0.05, 0) is 49.8 Å². The third-order valence-electron chi connectivity index (χ3n) is 3.68. The molecule has 0 aromatic heterocycles. The molecule has 1 aliphatic rings. The van der Waals surface area contributed by atoms with Gasteiger partial charge in [-0.1, -0.05) is 6.92 Å². The third-order valence-corrected chi connectivity index (χ3v) is 3.68. The Morgan fingerprint density at radius 1 is 1.28 bits per heavy atom. The van der Waals surface area contributed by atoms with Crippen LogP contribution in [0.4, 0.5) is 11.4 Å². The standard InChI is InChI=1S/C14H21N3O/c1-9-2-5-11(6-3-9)17-13-8-10(15)4-7-12(13)14(16)18/h4,7-9,11,17H,2-3,5-6,15H2,1H3,(H2,16,18). The summed E-state index contributed by atoms with van der Waals surface area (Å²) in [5.74, 6) is 0.390. The van der Waals surface area contributed by atoms with Crippen LogP contribution in [0, 0.1) is 5.92 Å². The number of hydrogen-bond donors (Lipinski definition) is 3. The predicted octanol–water partition coefficient (Wildman–Crippen LogP) is 2.36. The second kappa shape index (κ2) is 5.29. The van der Waals surface area contributed by atoms with Crippen LogP contribution in [0.1, 0.15) is 43.0 Å². The van der Waals surface area contributed by atoms with E-state index in [0.29, 0.717) is 17.3 Å². The smallest absolute Gasteiger partial charge is 0.250 e. The van der Waals surface area contributed by atoms with Crippen LogP contribution in [0.2, 0.25) is 0 Å². The predicted molar refractivity (Wildman–Crippen MR) is 74.4 cm³/mol. The molecule has 0 atom stereocenters. The summed E-state index contributed by atoms with van der Waals surface area (Å²) in [6.45, 7) is 2.28. The fourth-order valence-electron chi connectivity index (χ4n) is 2.52. The van der Waals surface area contributed by atoms with Gasteiger partial charge in [0.15, 0.2) is 0 Å². The highest BCUT2D eigenvalue weighted by Gasteiger charge is 2.19. The molecule has 0 unspecified atom stereocenters. The van der Waals surface area contributed by atoms with E-state index in [1.54, 1.807) is 18.2 Å². The monoisotopic (exact) mass is 247 g/mol. The molecule has 0 heterocycles. The van der Waals surface area contributed by atoms with Gasteiger partial charge in [-0.25, -0.2) is 0 Å². The highest BCUT2D eigenvalue weighted by atomic mass is 16.1. The van der Waals surface area contributed by atoms with E-state index in [4.69, 9.17) is 11.5 Å². The summed E-state index contributed by atoms with van der Waals surface area (Å²) in [6, 6.07) is 5.60. The molecular weight excluding hydrogens is 226 g/mol. The van der Waals surface area contributed by atoms with Crippen molar-refractivity contribution in [3.63, 3.8) is 0 Å². The van der Waals surface area contributed by atoms with E-state index >= 15 is 0 Å². The van der Waals surface area contributed by atoms with Crippen molar-refractivity contribution in [1.82, 2.24) is 0 Å². The summed E-state index contributed by atoms with van der Waals surface area (Å²) in [5.41, 5.74) is 13.1. The number of carbonyl (C=O) groups excluding carboxylic acids is 1. The molecule has 1 aromatic rings. The molecule has 0 radical (unpaired) electrons. The molecule has 98 valence electrons. The van der Waals surface area contributed by atoms with Gasteiger partial charge in [0.2, 0.25) is 0 Å². The maximum absolute atomic E-state index is 11.4. The molecule has 0 bridgehead atoms. The van der Waals surface area contributed by atoms with E-state index in [2.05, 4.69) is 12.2 Å². The van der Waals surface area contributed by atoms with E-state index < -0.39 is 5.91 Å². The van der Waals surface area contributed by atoms with Crippen LogP contribution in [0.5, 0.6) is 0 Å². The number of nitrogens with two attached hydrogens (primary N) is 2. The molecule has 1 fully saturated rings. The minimum Gasteiger partial charge on any atom is -0.399 e. The molecule has 0 spiro atoms. The Labute approximate surface area is 108 Å². The van der Waals surface area contributed by atoms with Gasteiger partial charge < -0.3 is 16.8 Å². The highest BCUT2D eigenvalue weighted by molar-refractivity contribution is 5.99. The quantitative estimate of drug-likeness (QED) is 0.717. The van der Waals surface area contributed by atoms with Crippen molar-refractivity contribution in [2.75, 3.05) is 11.1 Å². The molecule has 1 amide bonds. The van der Waals surface area contributed by atoms with Crippen LogP contribution in [-0.2, 0) is 0 Å². The Morgan fingerprint density at radius 3 is 2.56 bits per heavy atom. The first-order valence-electron chi connectivity index (χ1n) is 6.52. The van der Waals surface area contributed by atoms with E-state index in [0.717, 1.165) is 24.4 Å².